The van der Waals surface area contributed by atoms with Gasteiger partial charge in [-0.25, -0.2) is 19.6 Å². The third kappa shape index (κ3) is 4.34. The van der Waals surface area contributed by atoms with Crippen LogP contribution >= 0.6 is 23.2 Å². The van der Waals surface area contributed by atoms with Gasteiger partial charge in [0.15, 0.2) is 0 Å². The van der Waals surface area contributed by atoms with E-state index in [9.17, 15) is 19.8 Å². The van der Waals surface area contributed by atoms with Crippen molar-refractivity contribution >= 4 is 52.1 Å². The van der Waals surface area contributed by atoms with Gasteiger partial charge in [0.05, 0.1) is 29.8 Å². The number of hydrogen-bond acceptors (Lipinski definition) is 7. The van der Waals surface area contributed by atoms with Crippen LogP contribution in [0.1, 0.15) is 6.42 Å². The van der Waals surface area contributed by atoms with Crippen molar-refractivity contribution < 1.29 is 29.3 Å². The zero-order valence-corrected chi connectivity index (χ0v) is 19.6. The van der Waals surface area contributed by atoms with Gasteiger partial charge in [0, 0.05) is 42.2 Å². The lowest BCUT2D eigenvalue weighted by Gasteiger charge is -2.17. The molecule has 0 unspecified atom stereocenters. The molecule has 3 aromatic rings. The number of aliphatic carboxylic acids is 1. The first-order valence-electron chi connectivity index (χ1n) is 10.1. The molecule has 0 aliphatic carbocycles. The Morgan fingerprint density at radius 3 is 2.35 bits per heavy atom. The van der Waals surface area contributed by atoms with Crippen LogP contribution in [0.25, 0.3) is 22.0 Å². The summed E-state index contributed by atoms with van der Waals surface area (Å²) in [4.78, 5) is 32.4. The Labute approximate surface area is 204 Å². The summed E-state index contributed by atoms with van der Waals surface area (Å²) < 4.78 is 10.7. The van der Waals surface area contributed by atoms with Crippen molar-refractivity contribution in [1.82, 2.24) is 14.9 Å². The van der Waals surface area contributed by atoms with Crippen molar-refractivity contribution in [2.24, 2.45) is 0 Å². The van der Waals surface area contributed by atoms with Crippen molar-refractivity contribution in [3.05, 3.63) is 40.5 Å². The van der Waals surface area contributed by atoms with E-state index in [4.69, 9.17) is 32.7 Å². The van der Waals surface area contributed by atoms with Crippen molar-refractivity contribution in [1.29, 1.82) is 0 Å². The Balaban J connectivity index is 1.63. The van der Waals surface area contributed by atoms with E-state index >= 15 is 0 Å². The topological polar surface area (TPSA) is 134 Å². The summed E-state index contributed by atoms with van der Waals surface area (Å²) in [5.74, 6) is -0.0909. The predicted molar refractivity (Wildman–Crippen MR) is 126 cm³/mol. The van der Waals surface area contributed by atoms with Gasteiger partial charge in [0.25, 0.3) is 0 Å². The number of nitrogens with zero attached hydrogens (tertiary/aromatic N) is 3. The highest BCUT2D eigenvalue weighted by molar-refractivity contribution is 6.41. The number of halogens is 2. The molecule has 1 aliphatic heterocycles. The first-order valence-corrected chi connectivity index (χ1v) is 10.8. The maximum absolute atomic E-state index is 11.4. The average molecular weight is 507 g/mol. The molecule has 10 nitrogen and oxygen atoms in total. The highest BCUT2D eigenvalue weighted by Crippen LogP contribution is 2.46. The second-order valence-electron chi connectivity index (χ2n) is 7.62. The largest absolute Gasteiger partial charge is 0.495 e. The van der Waals surface area contributed by atoms with Crippen LogP contribution in [-0.2, 0) is 4.79 Å². The van der Waals surface area contributed by atoms with Crippen LogP contribution in [-0.4, -0.2) is 70.0 Å². The van der Waals surface area contributed by atoms with Crippen LogP contribution in [0.5, 0.6) is 11.5 Å². The third-order valence-corrected chi connectivity index (χ3v) is 6.36. The number of rotatable bonds is 6. The minimum Gasteiger partial charge on any atom is -0.495 e. The summed E-state index contributed by atoms with van der Waals surface area (Å²) in [6.07, 6.45) is 0.429. The molecular formula is C22H20Cl2N4O6. The molecule has 0 saturated carbocycles. The van der Waals surface area contributed by atoms with Crippen molar-refractivity contribution in [2.45, 2.75) is 18.5 Å². The molecule has 1 aromatic heterocycles. The number of nitrogens with one attached hydrogen (secondary N) is 1. The van der Waals surface area contributed by atoms with Gasteiger partial charge in [0.1, 0.15) is 17.5 Å². The van der Waals surface area contributed by atoms with Gasteiger partial charge in [-0.1, -0.05) is 29.3 Å². The first-order chi connectivity index (χ1) is 16.2. The van der Waals surface area contributed by atoms with Crippen LogP contribution in [0.15, 0.2) is 30.5 Å². The number of carboxylic acids is 1. The zero-order valence-electron chi connectivity index (χ0n) is 18.1. The van der Waals surface area contributed by atoms with Gasteiger partial charge in [-0.05, 0) is 17.7 Å². The van der Waals surface area contributed by atoms with E-state index in [2.05, 4.69) is 15.3 Å². The molecule has 178 valence electrons. The van der Waals surface area contributed by atoms with Crippen molar-refractivity contribution in [3.63, 3.8) is 0 Å². The molecule has 0 radical (unpaired) electrons. The van der Waals surface area contributed by atoms with E-state index in [-0.39, 0.29) is 18.9 Å². The summed E-state index contributed by atoms with van der Waals surface area (Å²) in [6, 6.07) is 5.46. The maximum Gasteiger partial charge on any atom is 0.408 e. The van der Waals surface area contributed by atoms with Gasteiger partial charge >= 0.3 is 12.1 Å². The van der Waals surface area contributed by atoms with Gasteiger partial charge in [-0.3, -0.25) is 4.90 Å². The second kappa shape index (κ2) is 9.40. The quantitative estimate of drug-likeness (QED) is 0.448. The summed E-state index contributed by atoms with van der Waals surface area (Å²) in [5, 5.41) is 22.9. The molecule has 4 rings (SSSR count). The molecule has 1 saturated heterocycles. The normalized spacial score (nSPS) is 17.6. The number of methoxy groups -OCH3 is 2. The fourth-order valence-electron chi connectivity index (χ4n) is 3.97. The van der Waals surface area contributed by atoms with E-state index < -0.39 is 24.1 Å². The van der Waals surface area contributed by atoms with E-state index in [1.807, 2.05) is 6.07 Å². The minimum absolute atomic E-state index is 0.0152. The lowest BCUT2D eigenvalue weighted by atomic mass is 10.0. The first kappa shape index (κ1) is 23.7. The number of amides is 1. The molecule has 0 bridgehead atoms. The molecule has 1 aliphatic rings. The third-order valence-electron chi connectivity index (χ3n) is 5.61. The second-order valence-corrected chi connectivity index (χ2v) is 8.37. The lowest BCUT2D eigenvalue weighted by molar-refractivity contribution is -0.141. The molecule has 2 atom stereocenters. The molecule has 3 N–H and O–H groups in total. The Hall–Kier alpha value is -3.50. The number of benzene rings is 2. The Kier molecular flexibility index (Phi) is 6.54. The van der Waals surface area contributed by atoms with Crippen molar-refractivity contribution in [3.8, 4) is 22.6 Å². The summed E-state index contributed by atoms with van der Waals surface area (Å²) in [5.41, 5.74) is 1.87. The van der Waals surface area contributed by atoms with Gasteiger partial charge in [-0.15, -0.1) is 0 Å². The fraction of sp³-hybridized carbons (Fsp3) is 0.273. The summed E-state index contributed by atoms with van der Waals surface area (Å²) in [6.45, 7) is 0.0152. The molecule has 2 heterocycles. The number of ether oxygens (including phenoxy) is 2. The number of aromatic nitrogens is 2. The zero-order chi connectivity index (χ0) is 24.6. The smallest absolute Gasteiger partial charge is 0.408 e. The van der Waals surface area contributed by atoms with Crippen LogP contribution in [0, 0.1) is 0 Å². The maximum atomic E-state index is 11.4. The highest BCUT2D eigenvalue weighted by atomic mass is 35.5. The Bertz CT molecular complexity index is 1240. The van der Waals surface area contributed by atoms with E-state index in [0.717, 1.165) is 4.90 Å². The molecule has 2 aromatic carbocycles. The lowest BCUT2D eigenvalue weighted by Crippen LogP contribution is -2.39. The number of carboxylic acid groups (broad SMARTS) is 2. The molecule has 1 fully saturated rings. The summed E-state index contributed by atoms with van der Waals surface area (Å²) >= 11 is 13.0. The van der Waals surface area contributed by atoms with Crippen LogP contribution in [0.4, 0.5) is 10.7 Å². The standard InChI is InChI=1S/C22H20Cl2N4O6/c1-33-15-7-16(34-2)19(24)17(18(15)23)10-3-4-13-11(5-10)8-25-21(27-13)26-12-6-14(20(29)30)28(9-12)22(31)32/h3-5,7-8,12,14H,6,9H2,1-2H3,(H,29,30)(H,31,32)(H,25,26,27)/t12-,14-/m1/s1. The van der Waals surface area contributed by atoms with Crippen LogP contribution in [0.2, 0.25) is 10.0 Å². The van der Waals surface area contributed by atoms with Gasteiger partial charge in [-0.2, -0.15) is 0 Å². The molecule has 12 heteroatoms. The Morgan fingerprint density at radius 1 is 1.12 bits per heavy atom. The van der Waals surface area contributed by atoms with E-state index in [0.29, 0.717) is 43.6 Å². The molecule has 1 amide bonds. The fourth-order valence-corrected chi connectivity index (χ4v) is 4.69. The van der Waals surface area contributed by atoms with Gasteiger partial charge in [0.2, 0.25) is 5.95 Å². The Morgan fingerprint density at radius 2 is 1.79 bits per heavy atom. The monoisotopic (exact) mass is 506 g/mol. The highest BCUT2D eigenvalue weighted by Gasteiger charge is 2.40. The van der Waals surface area contributed by atoms with E-state index in [1.165, 1.54) is 14.2 Å². The number of anilines is 1. The number of fused-ring (bicyclic) bond motifs is 1. The number of hydrogen-bond donors (Lipinski definition) is 3. The van der Waals surface area contributed by atoms with Crippen LogP contribution in [0.3, 0.4) is 0 Å². The molecule has 34 heavy (non-hydrogen) atoms. The van der Waals surface area contributed by atoms with Crippen molar-refractivity contribution in [2.75, 3.05) is 26.1 Å². The molecular weight excluding hydrogens is 487 g/mol. The average Bonchev–Trinajstić information content (AvgIpc) is 3.24. The van der Waals surface area contributed by atoms with Crippen LogP contribution < -0.4 is 14.8 Å². The minimum atomic E-state index is -1.28. The number of carbonyl (C=O) groups is 2. The summed E-state index contributed by atoms with van der Waals surface area (Å²) in [7, 11) is 3.00. The molecule has 0 spiro atoms. The van der Waals surface area contributed by atoms with Gasteiger partial charge < -0.3 is 25.0 Å². The SMILES string of the molecule is COc1cc(OC)c(Cl)c(-c2ccc3nc(N[C@@H]4C[C@H](C(=O)O)N(C(=O)O)C4)ncc3c2)c1Cl. The number of likely N-dealkylation sites (tertiary alicyclic amines) is 1. The van der Waals surface area contributed by atoms with E-state index in [1.54, 1.807) is 24.4 Å². The predicted octanol–water partition coefficient (Wildman–Crippen LogP) is 4.24.